The number of carbonyl (C=O) groups is 3. The van der Waals surface area contributed by atoms with Gasteiger partial charge in [0.25, 0.3) is 11.8 Å². The summed E-state index contributed by atoms with van der Waals surface area (Å²) in [5.41, 5.74) is 5.66. The van der Waals surface area contributed by atoms with Gasteiger partial charge in [-0.15, -0.1) is 0 Å². The van der Waals surface area contributed by atoms with E-state index in [2.05, 4.69) is 11.9 Å². The number of allylic oxidation sites excluding steroid dienone is 1. The monoisotopic (exact) mass is 442 g/mol. The van der Waals surface area contributed by atoms with Crippen LogP contribution >= 0.6 is 0 Å². The fourth-order valence-electron chi connectivity index (χ4n) is 4.55. The third kappa shape index (κ3) is 3.73. The second-order valence-corrected chi connectivity index (χ2v) is 8.52. The maximum absolute atomic E-state index is 13.0. The van der Waals surface area contributed by atoms with E-state index in [0.717, 1.165) is 0 Å². The Hall–Kier alpha value is -3.33. The smallest absolute Gasteiger partial charge is 0.334 e. The molecule has 9 nitrogen and oxygen atoms in total. The number of methoxy groups -OCH3 is 1. The van der Waals surface area contributed by atoms with Crippen molar-refractivity contribution in [3.05, 3.63) is 41.5 Å². The molecule has 2 amide bonds. The molecule has 2 aliphatic heterocycles. The number of carbonyl (C=O) groups excluding carboxylic acids is 3. The zero-order valence-electron chi connectivity index (χ0n) is 18.0. The van der Waals surface area contributed by atoms with E-state index in [-0.39, 0.29) is 29.0 Å². The second kappa shape index (κ2) is 7.98. The van der Waals surface area contributed by atoms with Gasteiger partial charge in [-0.1, -0.05) is 12.7 Å². The molecule has 0 bridgehead atoms. The standard InChI is InChI=1S/C23H26N2O7/c1-11-13-7-6-12(5-4-10-23(2)19(32-23)18(13)31-22(11)29)21(28)25-14-8-9-15(30-3)16(17(14)26)20(24)27/h5,8-9,13,18-19,26H,1,4,6-7,10H2,2-3H3,(H2,24,27)(H,25,28)/b12-5+/t13-,18-,19-,23+/m0/s1. The molecule has 0 saturated carbocycles. The fourth-order valence-corrected chi connectivity index (χ4v) is 4.55. The second-order valence-electron chi connectivity index (χ2n) is 8.52. The molecule has 1 aliphatic carbocycles. The number of nitrogens with two attached hydrogens (primary N) is 1. The number of aromatic hydroxyl groups is 1. The van der Waals surface area contributed by atoms with Crippen LogP contribution < -0.4 is 15.8 Å². The Labute approximate surface area is 185 Å². The van der Waals surface area contributed by atoms with Crippen LogP contribution in [0.1, 0.15) is 43.0 Å². The van der Waals surface area contributed by atoms with E-state index in [9.17, 15) is 19.5 Å². The largest absolute Gasteiger partial charge is 0.505 e. The first-order chi connectivity index (χ1) is 15.2. The molecule has 0 radical (unpaired) electrons. The summed E-state index contributed by atoms with van der Waals surface area (Å²) in [4.78, 5) is 36.9. The molecule has 170 valence electrons. The van der Waals surface area contributed by atoms with E-state index < -0.39 is 35.2 Å². The number of primary amides is 1. The quantitative estimate of drug-likeness (QED) is 0.281. The first-order valence-electron chi connectivity index (χ1n) is 10.4. The number of rotatable bonds is 4. The van der Waals surface area contributed by atoms with Crippen molar-refractivity contribution in [1.29, 1.82) is 0 Å². The molecule has 2 saturated heterocycles. The highest BCUT2D eigenvalue weighted by atomic mass is 16.6. The van der Waals surface area contributed by atoms with Crippen molar-refractivity contribution < 1.29 is 33.7 Å². The summed E-state index contributed by atoms with van der Waals surface area (Å²) in [6.07, 6.45) is 3.42. The van der Waals surface area contributed by atoms with Gasteiger partial charge in [0.2, 0.25) is 0 Å². The van der Waals surface area contributed by atoms with Crippen LogP contribution in [0.15, 0.2) is 35.9 Å². The number of anilines is 1. The Balaban J connectivity index is 1.57. The van der Waals surface area contributed by atoms with Crippen LogP contribution in [-0.4, -0.2) is 47.8 Å². The summed E-state index contributed by atoms with van der Waals surface area (Å²) in [5, 5.41) is 13.1. The number of epoxide rings is 1. The van der Waals surface area contributed by atoms with Crippen molar-refractivity contribution in [3.8, 4) is 11.5 Å². The summed E-state index contributed by atoms with van der Waals surface area (Å²) in [7, 11) is 1.34. The Kier molecular flexibility index (Phi) is 5.46. The van der Waals surface area contributed by atoms with E-state index in [4.69, 9.17) is 19.9 Å². The summed E-state index contributed by atoms with van der Waals surface area (Å²) in [6, 6.07) is 2.88. The number of fused-ring (bicyclic) bond motifs is 3. The number of amides is 2. The predicted molar refractivity (Wildman–Crippen MR) is 114 cm³/mol. The lowest BCUT2D eigenvalue weighted by Crippen LogP contribution is -2.29. The third-order valence-corrected chi connectivity index (χ3v) is 6.49. The molecule has 4 atom stereocenters. The van der Waals surface area contributed by atoms with Crippen molar-refractivity contribution in [3.63, 3.8) is 0 Å². The van der Waals surface area contributed by atoms with Crippen LogP contribution in [-0.2, 0) is 19.1 Å². The first kappa shape index (κ1) is 21.9. The summed E-state index contributed by atoms with van der Waals surface area (Å²) < 4.78 is 16.5. The average molecular weight is 442 g/mol. The molecule has 4 N–H and O–H groups in total. The van der Waals surface area contributed by atoms with E-state index in [1.165, 1.54) is 19.2 Å². The minimum absolute atomic E-state index is 0.0433. The van der Waals surface area contributed by atoms with Crippen molar-refractivity contribution in [1.82, 2.24) is 0 Å². The minimum atomic E-state index is -0.879. The van der Waals surface area contributed by atoms with Gasteiger partial charge in [-0.05, 0) is 44.7 Å². The van der Waals surface area contributed by atoms with Crippen LogP contribution in [0.2, 0.25) is 0 Å². The van der Waals surface area contributed by atoms with E-state index in [0.29, 0.717) is 36.8 Å². The lowest BCUT2D eigenvalue weighted by Gasteiger charge is -2.20. The molecule has 0 aromatic heterocycles. The van der Waals surface area contributed by atoms with Crippen molar-refractivity contribution in [2.24, 2.45) is 11.7 Å². The number of ether oxygens (including phenoxy) is 3. The van der Waals surface area contributed by atoms with Crippen LogP contribution in [0.5, 0.6) is 11.5 Å². The van der Waals surface area contributed by atoms with Gasteiger partial charge in [-0.25, -0.2) is 4.79 Å². The number of benzene rings is 1. The number of phenols is 1. The fraction of sp³-hybridized carbons (Fsp3) is 0.435. The molecule has 4 rings (SSSR count). The number of hydrogen-bond donors (Lipinski definition) is 3. The van der Waals surface area contributed by atoms with Crippen LogP contribution in [0.3, 0.4) is 0 Å². The molecule has 2 fully saturated rings. The van der Waals surface area contributed by atoms with Crippen LogP contribution in [0.4, 0.5) is 5.69 Å². The van der Waals surface area contributed by atoms with Gasteiger partial charge in [0.05, 0.1) is 18.4 Å². The summed E-state index contributed by atoms with van der Waals surface area (Å²) >= 11 is 0. The SMILES string of the molecule is C=C1C(=O)O[C@H]2[C@H]1CC/C(C(=O)Nc1ccc(OC)c(C(N)=O)c1O)=C\CC[C@@]1(C)O[C@@H]21. The number of hydrogen-bond acceptors (Lipinski definition) is 7. The van der Waals surface area contributed by atoms with E-state index in [1.807, 2.05) is 13.0 Å². The Morgan fingerprint density at radius 2 is 2.12 bits per heavy atom. The Morgan fingerprint density at radius 1 is 1.38 bits per heavy atom. The van der Waals surface area contributed by atoms with Gasteiger partial charge in [-0.2, -0.15) is 0 Å². The maximum Gasteiger partial charge on any atom is 0.334 e. The van der Waals surface area contributed by atoms with Gasteiger partial charge in [0.15, 0.2) is 5.75 Å². The lowest BCUT2D eigenvalue weighted by atomic mass is 9.83. The molecule has 32 heavy (non-hydrogen) atoms. The van der Waals surface area contributed by atoms with Gasteiger partial charge in [0.1, 0.15) is 23.5 Å². The molecule has 0 unspecified atom stereocenters. The molecule has 0 spiro atoms. The van der Waals surface area contributed by atoms with E-state index in [1.54, 1.807) is 0 Å². The number of esters is 1. The van der Waals surface area contributed by atoms with Gasteiger partial charge in [-0.3, -0.25) is 9.59 Å². The average Bonchev–Trinajstić information content (AvgIpc) is 3.34. The highest BCUT2D eigenvalue weighted by Gasteiger charge is 2.61. The van der Waals surface area contributed by atoms with Gasteiger partial charge < -0.3 is 30.4 Å². The normalized spacial score (nSPS) is 30.8. The van der Waals surface area contributed by atoms with Crippen molar-refractivity contribution >= 4 is 23.5 Å². The highest BCUT2D eigenvalue weighted by molar-refractivity contribution is 6.07. The Bertz CT molecular complexity index is 1050. The van der Waals surface area contributed by atoms with E-state index >= 15 is 0 Å². The van der Waals surface area contributed by atoms with Gasteiger partial charge >= 0.3 is 5.97 Å². The first-order valence-corrected chi connectivity index (χ1v) is 10.4. The highest BCUT2D eigenvalue weighted by Crippen LogP contribution is 2.49. The molecule has 1 aromatic carbocycles. The topological polar surface area (TPSA) is 140 Å². The third-order valence-electron chi connectivity index (χ3n) is 6.49. The molecule has 1 aromatic rings. The van der Waals surface area contributed by atoms with Crippen molar-refractivity contribution in [2.75, 3.05) is 12.4 Å². The molecular formula is C23H26N2O7. The lowest BCUT2D eigenvalue weighted by molar-refractivity contribution is -0.140. The van der Waals surface area contributed by atoms with Gasteiger partial charge in [0, 0.05) is 17.1 Å². The summed E-state index contributed by atoms with van der Waals surface area (Å²) in [6.45, 7) is 5.85. The zero-order chi connectivity index (χ0) is 23.2. The molecule has 9 heteroatoms. The Morgan fingerprint density at radius 3 is 2.81 bits per heavy atom. The molecule has 2 heterocycles. The molecular weight excluding hydrogens is 416 g/mol. The maximum atomic E-state index is 13.0. The van der Waals surface area contributed by atoms with Crippen LogP contribution in [0.25, 0.3) is 0 Å². The zero-order valence-corrected chi connectivity index (χ0v) is 18.0. The van der Waals surface area contributed by atoms with Crippen LogP contribution in [0, 0.1) is 5.92 Å². The molecule has 3 aliphatic rings. The number of nitrogens with one attached hydrogen (secondary N) is 1. The minimum Gasteiger partial charge on any atom is -0.505 e. The van der Waals surface area contributed by atoms with Crippen molar-refractivity contribution in [2.45, 2.75) is 50.4 Å². The predicted octanol–water partition coefficient (Wildman–Crippen LogP) is 2.19. The summed E-state index contributed by atoms with van der Waals surface area (Å²) in [5.74, 6) is -2.32.